The van der Waals surface area contributed by atoms with Gasteiger partial charge in [0.15, 0.2) is 17.3 Å². The van der Waals surface area contributed by atoms with Crippen molar-refractivity contribution in [3.8, 4) is 17.0 Å². The summed E-state index contributed by atoms with van der Waals surface area (Å²) in [6.45, 7) is -0.388. The third kappa shape index (κ3) is 4.37. The molecule has 3 aromatic rings. The van der Waals surface area contributed by atoms with Gasteiger partial charge in [-0.2, -0.15) is 0 Å². The number of methoxy groups -OCH3 is 1. The first-order valence-corrected chi connectivity index (χ1v) is 13.4. The minimum atomic E-state index is -1.06. The lowest BCUT2D eigenvalue weighted by atomic mass is 9.92. The number of amides is 1. The van der Waals surface area contributed by atoms with Crippen molar-refractivity contribution in [3.63, 3.8) is 0 Å². The molecule has 3 aliphatic heterocycles. The van der Waals surface area contributed by atoms with Gasteiger partial charge in [-0.15, -0.1) is 11.8 Å². The maximum atomic E-state index is 15.2. The van der Waals surface area contributed by atoms with Gasteiger partial charge in [0.1, 0.15) is 6.17 Å². The first-order valence-electron chi connectivity index (χ1n) is 12.4. The zero-order valence-electron chi connectivity index (χ0n) is 21.2. The van der Waals surface area contributed by atoms with Crippen molar-refractivity contribution in [3.05, 3.63) is 92.8 Å². The minimum Gasteiger partial charge on any atom is -0.451 e. The molecule has 1 atom stereocenters. The maximum absolute atomic E-state index is 15.2. The summed E-state index contributed by atoms with van der Waals surface area (Å²) >= 11 is 1.41. The molecule has 1 amide bonds. The Morgan fingerprint density at radius 1 is 1.15 bits per heavy atom. The standard InChI is InChI=1S/C28H23F2N3O6S/c1-37-28(36)39-14-38-26-21(34)12-20(33-25(26)27(35)32-9-5-4-8-23(32)31-33)17-11-19(29)24(30)18-13-40-22-7-3-2-6-15(22)10-16(17)18/h2-7,11-12,23,31H,8-10,13-14H2,1H3/t23-/m0/s1. The average Bonchev–Trinajstić information content (AvgIpc) is 3.16. The summed E-state index contributed by atoms with van der Waals surface area (Å²) in [5.41, 5.74) is 4.53. The van der Waals surface area contributed by atoms with E-state index in [1.807, 2.05) is 36.4 Å². The summed E-state index contributed by atoms with van der Waals surface area (Å²) in [7, 11) is 1.12. The summed E-state index contributed by atoms with van der Waals surface area (Å²) in [5.74, 6) is -2.66. The minimum absolute atomic E-state index is 0.149. The lowest BCUT2D eigenvalue weighted by Gasteiger charge is -2.41. The number of fused-ring (bicyclic) bond motifs is 4. The fourth-order valence-electron chi connectivity index (χ4n) is 5.18. The van der Waals surface area contributed by atoms with Gasteiger partial charge in [0, 0.05) is 40.8 Å². The van der Waals surface area contributed by atoms with E-state index in [4.69, 9.17) is 9.47 Å². The smallest absolute Gasteiger partial charge is 0.451 e. The molecule has 206 valence electrons. The number of rotatable bonds is 4. The lowest BCUT2D eigenvalue weighted by Crippen LogP contribution is -2.55. The number of aromatic nitrogens is 1. The van der Waals surface area contributed by atoms with Crippen LogP contribution in [0.15, 0.2) is 58.2 Å². The molecular formula is C28H23F2N3O6S. The van der Waals surface area contributed by atoms with Gasteiger partial charge < -0.3 is 24.5 Å². The van der Waals surface area contributed by atoms with Crippen molar-refractivity contribution in [2.45, 2.75) is 29.7 Å². The number of pyridine rings is 1. The second-order valence-electron chi connectivity index (χ2n) is 9.33. The summed E-state index contributed by atoms with van der Waals surface area (Å²) in [4.78, 5) is 41.1. The van der Waals surface area contributed by atoms with Crippen LogP contribution in [0.2, 0.25) is 0 Å². The Morgan fingerprint density at radius 3 is 2.80 bits per heavy atom. The van der Waals surface area contributed by atoms with Crippen LogP contribution in [0, 0.1) is 11.6 Å². The molecule has 0 saturated carbocycles. The van der Waals surface area contributed by atoms with E-state index in [9.17, 15) is 14.4 Å². The number of nitrogens with one attached hydrogen (secondary N) is 1. The molecule has 2 aromatic carbocycles. The van der Waals surface area contributed by atoms with Crippen LogP contribution in [0.3, 0.4) is 0 Å². The number of nitrogens with zero attached hydrogens (tertiary/aromatic N) is 2. The Hall–Kier alpha value is -4.32. The largest absolute Gasteiger partial charge is 0.510 e. The molecule has 1 N–H and O–H groups in total. The van der Waals surface area contributed by atoms with Gasteiger partial charge in [-0.05, 0) is 29.7 Å². The molecule has 12 heteroatoms. The Kier molecular flexibility index (Phi) is 6.70. The monoisotopic (exact) mass is 567 g/mol. The fraction of sp³-hybridized carbons (Fsp3) is 0.250. The van der Waals surface area contributed by atoms with Crippen molar-refractivity contribution in [1.29, 1.82) is 0 Å². The molecule has 6 rings (SSSR count). The first-order chi connectivity index (χ1) is 19.4. The molecule has 0 radical (unpaired) electrons. The summed E-state index contributed by atoms with van der Waals surface area (Å²) in [6.07, 6.45) is 3.06. The number of benzene rings is 2. The van der Waals surface area contributed by atoms with Crippen LogP contribution < -0.4 is 15.6 Å². The summed E-state index contributed by atoms with van der Waals surface area (Å²) in [5, 5.41) is 0. The van der Waals surface area contributed by atoms with E-state index >= 15 is 8.78 Å². The van der Waals surface area contributed by atoms with E-state index in [-0.39, 0.29) is 34.0 Å². The third-order valence-corrected chi connectivity index (χ3v) is 8.23. The van der Waals surface area contributed by atoms with Crippen molar-refractivity contribution in [1.82, 2.24) is 9.58 Å². The molecule has 3 aliphatic rings. The average molecular weight is 568 g/mol. The van der Waals surface area contributed by atoms with Crippen LogP contribution in [-0.2, 0) is 21.6 Å². The predicted octanol–water partition coefficient (Wildman–Crippen LogP) is 4.39. The number of carbonyl (C=O) groups excluding carboxylic acids is 2. The van der Waals surface area contributed by atoms with Crippen molar-refractivity contribution in [2.75, 3.05) is 25.9 Å². The van der Waals surface area contributed by atoms with Crippen molar-refractivity contribution >= 4 is 23.8 Å². The highest BCUT2D eigenvalue weighted by Crippen LogP contribution is 2.41. The quantitative estimate of drug-likeness (QED) is 0.282. The molecule has 0 spiro atoms. The fourth-order valence-corrected chi connectivity index (χ4v) is 6.28. The van der Waals surface area contributed by atoms with Crippen molar-refractivity contribution in [2.24, 2.45) is 0 Å². The third-order valence-electron chi connectivity index (χ3n) is 7.09. The Balaban J connectivity index is 1.55. The molecule has 40 heavy (non-hydrogen) atoms. The van der Waals surface area contributed by atoms with Crippen LogP contribution in [0.1, 0.15) is 33.6 Å². The molecular weight excluding hydrogens is 544 g/mol. The van der Waals surface area contributed by atoms with Gasteiger partial charge in [0.2, 0.25) is 18.0 Å². The highest BCUT2D eigenvalue weighted by atomic mass is 32.2. The normalized spacial score (nSPS) is 17.0. The van der Waals surface area contributed by atoms with Gasteiger partial charge in [-0.1, -0.05) is 30.4 Å². The Morgan fingerprint density at radius 2 is 1.98 bits per heavy atom. The van der Waals surface area contributed by atoms with Crippen LogP contribution in [-0.4, -0.2) is 48.3 Å². The zero-order chi connectivity index (χ0) is 28.0. The van der Waals surface area contributed by atoms with Crippen LogP contribution in [0.4, 0.5) is 13.6 Å². The van der Waals surface area contributed by atoms with Crippen molar-refractivity contribution < 1.29 is 32.6 Å². The number of hydrogen-bond acceptors (Lipinski definition) is 8. The van der Waals surface area contributed by atoms with E-state index in [0.717, 1.165) is 23.6 Å². The topological polar surface area (TPSA) is 99.1 Å². The van der Waals surface area contributed by atoms with Gasteiger partial charge >= 0.3 is 6.16 Å². The number of hydrogen-bond donors (Lipinski definition) is 1. The highest BCUT2D eigenvalue weighted by Gasteiger charge is 2.38. The number of ether oxygens (including phenoxy) is 3. The van der Waals surface area contributed by atoms with Crippen LogP contribution >= 0.6 is 11.8 Å². The van der Waals surface area contributed by atoms with E-state index in [1.54, 1.807) is 0 Å². The summed E-state index contributed by atoms with van der Waals surface area (Å²) in [6, 6.07) is 9.90. The number of thioether (sulfide) groups is 1. The SMILES string of the molecule is COC(=O)OCOc1c2n(c(-c3cc(F)c(F)c4c3Cc3ccccc3SC4)cc1=O)N[C@@H]1CC=CCN1C2=O. The lowest BCUT2D eigenvalue weighted by molar-refractivity contribution is 0.0135. The molecule has 1 aromatic heterocycles. The Labute approximate surface area is 231 Å². The number of carbonyl (C=O) groups is 2. The van der Waals surface area contributed by atoms with E-state index in [1.165, 1.54) is 27.4 Å². The molecule has 0 saturated heterocycles. The molecule has 4 heterocycles. The number of halogens is 2. The van der Waals surface area contributed by atoms with Crippen LogP contribution in [0.5, 0.6) is 5.75 Å². The molecule has 9 nitrogen and oxygen atoms in total. The second kappa shape index (κ2) is 10.3. The van der Waals surface area contributed by atoms with E-state index in [2.05, 4.69) is 10.2 Å². The molecule has 0 unspecified atom stereocenters. The van der Waals surface area contributed by atoms with Gasteiger partial charge in [0.25, 0.3) is 5.91 Å². The van der Waals surface area contributed by atoms with E-state index in [0.29, 0.717) is 24.9 Å². The van der Waals surface area contributed by atoms with Crippen LogP contribution in [0.25, 0.3) is 11.3 Å². The molecule has 0 aliphatic carbocycles. The van der Waals surface area contributed by atoms with Gasteiger partial charge in [-0.25, -0.2) is 18.3 Å². The van der Waals surface area contributed by atoms with E-state index < -0.39 is 42.1 Å². The Bertz CT molecular complexity index is 1640. The molecule has 0 bridgehead atoms. The maximum Gasteiger partial charge on any atom is 0.510 e. The first kappa shape index (κ1) is 25.9. The van der Waals surface area contributed by atoms with Gasteiger partial charge in [0.05, 0.1) is 12.8 Å². The zero-order valence-corrected chi connectivity index (χ0v) is 22.1. The van der Waals surface area contributed by atoms with Gasteiger partial charge in [-0.3, -0.25) is 9.59 Å². The second-order valence-corrected chi connectivity index (χ2v) is 10.3. The highest BCUT2D eigenvalue weighted by molar-refractivity contribution is 7.98. The molecule has 0 fully saturated rings. The predicted molar refractivity (Wildman–Crippen MR) is 142 cm³/mol. The summed E-state index contributed by atoms with van der Waals surface area (Å²) < 4.78 is 46.3.